The molecule has 0 unspecified atom stereocenters. The summed E-state index contributed by atoms with van der Waals surface area (Å²) in [5.74, 6) is -0.973. The van der Waals surface area contributed by atoms with E-state index in [4.69, 9.17) is 0 Å². The maximum Gasteiger partial charge on any atom is 0.271 e. The number of aryl methyl sites for hydroxylation is 1. The van der Waals surface area contributed by atoms with Crippen LogP contribution in [-0.4, -0.2) is 54.9 Å². The van der Waals surface area contributed by atoms with Gasteiger partial charge in [0, 0.05) is 24.7 Å². The highest BCUT2D eigenvalue weighted by molar-refractivity contribution is 7.92. The van der Waals surface area contributed by atoms with Gasteiger partial charge in [-0.3, -0.25) is 24.0 Å². The first-order valence-corrected chi connectivity index (χ1v) is 13.1. The van der Waals surface area contributed by atoms with Crippen LogP contribution in [0.2, 0.25) is 0 Å². The summed E-state index contributed by atoms with van der Waals surface area (Å²) in [5.41, 5.74) is 1.41. The molecule has 0 spiro atoms. The number of nitrogens with one attached hydrogen (secondary N) is 1. The highest BCUT2D eigenvalue weighted by Gasteiger charge is 2.31. The standard InChI is InChI=1S/C24H32N4O6S/c1-6-18(3)25-24(30)19(4)26(15-20-11-8-7-10-17(20)2)23(29)16-27(35(5,33)34)21-12-9-13-22(14-21)28(31)32/h7-14,18-19H,6,15-16H2,1-5H3,(H,25,30)/t18-,19+/m0/s1. The highest BCUT2D eigenvalue weighted by atomic mass is 32.2. The number of benzene rings is 2. The van der Waals surface area contributed by atoms with Gasteiger partial charge in [-0.1, -0.05) is 37.3 Å². The van der Waals surface area contributed by atoms with Crippen molar-refractivity contribution in [3.8, 4) is 0 Å². The predicted octanol–water partition coefficient (Wildman–Crippen LogP) is 3.00. The van der Waals surface area contributed by atoms with E-state index in [9.17, 15) is 28.1 Å². The average Bonchev–Trinajstić information content (AvgIpc) is 2.80. The van der Waals surface area contributed by atoms with Crippen LogP contribution in [-0.2, 0) is 26.2 Å². The molecule has 10 nitrogen and oxygen atoms in total. The number of hydrogen-bond acceptors (Lipinski definition) is 6. The number of carbonyl (C=O) groups is 2. The molecule has 2 amide bonds. The van der Waals surface area contributed by atoms with Crippen LogP contribution in [0.3, 0.4) is 0 Å². The van der Waals surface area contributed by atoms with E-state index >= 15 is 0 Å². The Morgan fingerprint density at radius 3 is 2.34 bits per heavy atom. The van der Waals surface area contributed by atoms with Gasteiger partial charge in [0.2, 0.25) is 21.8 Å². The molecule has 11 heteroatoms. The molecule has 0 fully saturated rings. The molecular weight excluding hydrogens is 472 g/mol. The SMILES string of the molecule is CC[C@H](C)NC(=O)[C@@H](C)N(Cc1ccccc1C)C(=O)CN(c1cccc([N+](=O)[O-])c1)S(C)(=O)=O. The minimum atomic E-state index is -3.98. The third kappa shape index (κ3) is 7.51. The summed E-state index contributed by atoms with van der Waals surface area (Å²) in [7, 11) is -3.98. The van der Waals surface area contributed by atoms with Crippen LogP contribution < -0.4 is 9.62 Å². The number of rotatable bonds is 11. The molecular formula is C24H32N4O6S. The topological polar surface area (TPSA) is 130 Å². The Balaban J connectivity index is 2.44. The summed E-state index contributed by atoms with van der Waals surface area (Å²) in [6.07, 6.45) is 1.63. The van der Waals surface area contributed by atoms with E-state index in [2.05, 4.69) is 5.32 Å². The lowest BCUT2D eigenvalue weighted by atomic mass is 10.1. The minimum Gasteiger partial charge on any atom is -0.352 e. The predicted molar refractivity (Wildman–Crippen MR) is 134 cm³/mol. The number of nitro groups is 1. The molecule has 2 aromatic rings. The van der Waals surface area contributed by atoms with Crippen LogP contribution >= 0.6 is 0 Å². The zero-order chi connectivity index (χ0) is 26.3. The second kappa shape index (κ2) is 11.8. The Morgan fingerprint density at radius 1 is 1.11 bits per heavy atom. The molecule has 0 saturated carbocycles. The van der Waals surface area contributed by atoms with Crippen molar-refractivity contribution in [1.82, 2.24) is 10.2 Å². The van der Waals surface area contributed by atoms with Crippen molar-refractivity contribution in [2.45, 2.75) is 52.7 Å². The molecule has 0 saturated heterocycles. The lowest BCUT2D eigenvalue weighted by Crippen LogP contribution is -2.52. The van der Waals surface area contributed by atoms with Crippen LogP contribution in [0.25, 0.3) is 0 Å². The Bertz CT molecular complexity index is 1180. The van der Waals surface area contributed by atoms with Crippen LogP contribution in [0.5, 0.6) is 0 Å². The zero-order valence-electron chi connectivity index (χ0n) is 20.6. The number of amides is 2. The molecule has 2 atom stereocenters. The van der Waals surface area contributed by atoms with Gasteiger partial charge in [-0.15, -0.1) is 0 Å². The molecule has 190 valence electrons. The molecule has 0 bridgehead atoms. The molecule has 0 heterocycles. The fraction of sp³-hybridized carbons (Fsp3) is 0.417. The van der Waals surface area contributed by atoms with E-state index in [1.165, 1.54) is 23.1 Å². The van der Waals surface area contributed by atoms with Gasteiger partial charge >= 0.3 is 0 Å². The largest absolute Gasteiger partial charge is 0.352 e. The quantitative estimate of drug-likeness (QED) is 0.370. The normalized spacial score (nSPS) is 12.9. The Morgan fingerprint density at radius 2 is 1.77 bits per heavy atom. The fourth-order valence-electron chi connectivity index (χ4n) is 3.39. The summed E-state index contributed by atoms with van der Waals surface area (Å²) in [5, 5.41) is 14.0. The average molecular weight is 505 g/mol. The van der Waals surface area contributed by atoms with Crippen molar-refractivity contribution in [1.29, 1.82) is 0 Å². The zero-order valence-corrected chi connectivity index (χ0v) is 21.4. The van der Waals surface area contributed by atoms with Gasteiger partial charge in [0.1, 0.15) is 12.6 Å². The first-order valence-electron chi connectivity index (χ1n) is 11.2. The summed E-state index contributed by atoms with van der Waals surface area (Å²) in [4.78, 5) is 38.3. The lowest BCUT2D eigenvalue weighted by molar-refractivity contribution is -0.384. The van der Waals surface area contributed by atoms with E-state index in [0.29, 0.717) is 6.42 Å². The van der Waals surface area contributed by atoms with E-state index in [1.54, 1.807) is 6.92 Å². The summed E-state index contributed by atoms with van der Waals surface area (Å²) in [6.45, 7) is 6.72. The van der Waals surface area contributed by atoms with Gasteiger partial charge in [0.05, 0.1) is 16.9 Å². The third-order valence-electron chi connectivity index (χ3n) is 5.78. The number of carbonyl (C=O) groups excluding carboxylic acids is 2. The molecule has 2 aromatic carbocycles. The molecule has 0 aromatic heterocycles. The molecule has 0 aliphatic heterocycles. The molecule has 0 radical (unpaired) electrons. The number of anilines is 1. The Hall–Kier alpha value is -3.47. The van der Waals surface area contributed by atoms with Crippen molar-refractivity contribution in [3.63, 3.8) is 0 Å². The van der Waals surface area contributed by atoms with Crippen molar-refractivity contribution in [2.75, 3.05) is 17.1 Å². The minimum absolute atomic E-state index is 0.0115. The van der Waals surface area contributed by atoms with E-state index in [-0.39, 0.29) is 29.9 Å². The monoisotopic (exact) mass is 504 g/mol. The fourth-order valence-corrected chi connectivity index (χ4v) is 4.24. The van der Waals surface area contributed by atoms with Gasteiger partial charge in [-0.05, 0) is 44.4 Å². The van der Waals surface area contributed by atoms with Crippen molar-refractivity contribution < 1.29 is 22.9 Å². The van der Waals surface area contributed by atoms with Crippen LogP contribution in [0.15, 0.2) is 48.5 Å². The highest BCUT2D eigenvalue weighted by Crippen LogP contribution is 2.24. The Kier molecular flexibility index (Phi) is 9.35. The van der Waals surface area contributed by atoms with E-state index in [1.807, 2.05) is 45.0 Å². The number of nitro benzene ring substituents is 1. The summed E-state index contributed by atoms with van der Waals surface area (Å²) in [6, 6.07) is 11.5. The second-order valence-corrected chi connectivity index (χ2v) is 10.4. The van der Waals surface area contributed by atoms with Crippen LogP contribution in [0, 0.1) is 17.0 Å². The van der Waals surface area contributed by atoms with Crippen molar-refractivity contribution in [3.05, 3.63) is 69.8 Å². The number of non-ortho nitro benzene ring substituents is 1. The van der Waals surface area contributed by atoms with E-state index in [0.717, 1.165) is 27.8 Å². The molecule has 1 N–H and O–H groups in total. The number of hydrogen-bond donors (Lipinski definition) is 1. The van der Waals surface area contributed by atoms with Gasteiger partial charge in [-0.25, -0.2) is 8.42 Å². The van der Waals surface area contributed by atoms with Crippen LogP contribution in [0.1, 0.15) is 38.3 Å². The smallest absolute Gasteiger partial charge is 0.271 e. The lowest BCUT2D eigenvalue weighted by Gasteiger charge is -2.32. The summed E-state index contributed by atoms with van der Waals surface area (Å²) < 4.78 is 26.0. The third-order valence-corrected chi connectivity index (χ3v) is 6.92. The van der Waals surface area contributed by atoms with E-state index < -0.39 is 33.4 Å². The molecule has 35 heavy (non-hydrogen) atoms. The van der Waals surface area contributed by atoms with Gasteiger partial charge in [0.25, 0.3) is 5.69 Å². The maximum atomic E-state index is 13.5. The second-order valence-electron chi connectivity index (χ2n) is 8.49. The van der Waals surface area contributed by atoms with Crippen LogP contribution in [0.4, 0.5) is 11.4 Å². The summed E-state index contributed by atoms with van der Waals surface area (Å²) >= 11 is 0. The van der Waals surface area contributed by atoms with Crippen molar-refractivity contribution >= 4 is 33.2 Å². The number of sulfonamides is 1. The first-order chi connectivity index (χ1) is 16.3. The molecule has 0 aliphatic carbocycles. The first kappa shape index (κ1) is 27.8. The van der Waals surface area contributed by atoms with Crippen molar-refractivity contribution in [2.24, 2.45) is 0 Å². The molecule has 0 aliphatic rings. The number of nitrogens with zero attached hydrogens (tertiary/aromatic N) is 3. The van der Waals surface area contributed by atoms with Gasteiger partial charge in [0.15, 0.2) is 0 Å². The van der Waals surface area contributed by atoms with Gasteiger partial charge < -0.3 is 10.2 Å². The van der Waals surface area contributed by atoms with Gasteiger partial charge in [-0.2, -0.15) is 0 Å². The maximum absolute atomic E-state index is 13.5. The molecule has 2 rings (SSSR count). The Labute approximate surface area is 206 Å².